The molecule has 2 aromatic rings. The van der Waals surface area contributed by atoms with Crippen LogP contribution in [0.5, 0.6) is 0 Å². The molecule has 0 spiro atoms. The van der Waals surface area contributed by atoms with E-state index >= 15 is 0 Å². The molecule has 25 heavy (non-hydrogen) atoms. The molecule has 0 heterocycles. The smallest absolute Gasteiger partial charge is 0.220 e. The maximum absolute atomic E-state index is 10.4. The molecule has 0 aliphatic heterocycles. The number of aliphatic hydroxyl groups excluding tert-OH is 1. The van der Waals surface area contributed by atoms with E-state index in [1.54, 1.807) is 0 Å². The number of benzene rings is 2. The van der Waals surface area contributed by atoms with Gasteiger partial charge in [-0.1, -0.05) is 81.4 Å². The summed E-state index contributed by atoms with van der Waals surface area (Å²) in [5.41, 5.74) is 2.05. The van der Waals surface area contributed by atoms with Crippen LogP contribution in [0.15, 0.2) is 60.7 Å². The Bertz CT molecular complexity index is 625. The molecule has 0 saturated heterocycles. The first-order chi connectivity index (χ1) is 11.8. The molecule has 0 fully saturated rings. The lowest BCUT2D eigenvalue weighted by atomic mass is 10.1. The first kappa shape index (κ1) is 19.9. The molecule has 0 aliphatic rings. The zero-order valence-electron chi connectivity index (χ0n) is 15.7. The van der Waals surface area contributed by atoms with Crippen molar-refractivity contribution in [2.45, 2.75) is 45.1 Å². The lowest BCUT2D eigenvalue weighted by molar-refractivity contribution is 0.0831. The van der Waals surface area contributed by atoms with Gasteiger partial charge < -0.3 is 14.3 Å². The van der Waals surface area contributed by atoms with Crippen molar-refractivity contribution in [3.8, 4) is 0 Å². The molecule has 2 atom stereocenters. The Kier molecular flexibility index (Phi) is 6.96. The van der Waals surface area contributed by atoms with Crippen molar-refractivity contribution in [2.75, 3.05) is 12.8 Å². The third-order valence-corrected chi connectivity index (χ3v) is 9.55. The van der Waals surface area contributed by atoms with Crippen LogP contribution in [-0.2, 0) is 15.8 Å². The van der Waals surface area contributed by atoms with Crippen LogP contribution in [0.3, 0.4) is 0 Å². The van der Waals surface area contributed by atoms with Crippen molar-refractivity contribution in [1.29, 1.82) is 0 Å². The summed E-state index contributed by atoms with van der Waals surface area (Å²) in [6.07, 6.45) is -0.00287. The summed E-state index contributed by atoms with van der Waals surface area (Å²) in [5.74, 6) is 0. The van der Waals surface area contributed by atoms with Crippen molar-refractivity contribution in [2.24, 2.45) is 0 Å². The first-order valence-electron chi connectivity index (χ1n) is 8.80. The minimum absolute atomic E-state index is 0.0140. The fourth-order valence-corrected chi connectivity index (χ4v) is 4.41. The third-order valence-electron chi connectivity index (χ3n) is 4.82. The Morgan fingerprint density at radius 1 is 0.960 bits per heavy atom. The van der Waals surface area contributed by atoms with Crippen LogP contribution in [0.2, 0.25) is 11.6 Å². The highest BCUT2D eigenvalue weighted by molar-refractivity contribution is 6.75. The first-order valence-corrected chi connectivity index (χ1v) is 11.4. The molecule has 0 amide bonds. The van der Waals surface area contributed by atoms with Crippen molar-refractivity contribution < 1.29 is 14.3 Å². The quantitative estimate of drug-likeness (QED) is 0.684. The Morgan fingerprint density at radius 2 is 1.52 bits per heavy atom. The highest BCUT2D eigenvalue weighted by Gasteiger charge is 2.43. The van der Waals surface area contributed by atoms with E-state index in [4.69, 9.17) is 9.16 Å². The highest BCUT2D eigenvalue weighted by Crippen LogP contribution is 2.37. The van der Waals surface area contributed by atoms with Crippen molar-refractivity contribution in [3.63, 3.8) is 0 Å². The molecule has 4 heteroatoms. The summed E-state index contributed by atoms with van der Waals surface area (Å²) in [4.78, 5) is 0. The number of hydrogen-bond donors (Lipinski definition) is 1. The van der Waals surface area contributed by atoms with E-state index in [9.17, 15) is 5.11 Å². The van der Waals surface area contributed by atoms with Crippen LogP contribution >= 0.6 is 0 Å². The summed E-state index contributed by atoms with van der Waals surface area (Å²) >= 11 is 0. The molecular formula is C21H30O3Si. The predicted octanol–water partition coefficient (Wildman–Crippen LogP) is 4.87. The number of rotatable bonds is 8. The van der Waals surface area contributed by atoms with Gasteiger partial charge in [0.2, 0.25) is 8.32 Å². The minimum atomic E-state index is -2.18. The Balaban J connectivity index is 1.94. The number of hydrogen-bond acceptors (Lipinski definition) is 3. The van der Waals surface area contributed by atoms with E-state index in [0.717, 1.165) is 11.1 Å². The fraction of sp³-hybridized carbons (Fsp3) is 0.429. The Hall–Kier alpha value is -1.46. The van der Waals surface area contributed by atoms with Crippen LogP contribution in [0.1, 0.15) is 38.0 Å². The molecular weight excluding hydrogens is 328 g/mol. The van der Waals surface area contributed by atoms with Gasteiger partial charge in [-0.2, -0.15) is 0 Å². The molecule has 0 bridgehead atoms. The number of aliphatic hydroxyl groups is 1. The van der Waals surface area contributed by atoms with Crippen LogP contribution in [0.25, 0.3) is 0 Å². The van der Waals surface area contributed by atoms with Crippen LogP contribution in [-0.4, -0.2) is 26.3 Å². The van der Waals surface area contributed by atoms with Crippen LogP contribution < -0.4 is 0 Å². The van der Waals surface area contributed by atoms with Gasteiger partial charge in [-0.3, -0.25) is 0 Å². The maximum Gasteiger partial charge on any atom is 0.220 e. The molecule has 1 N–H and O–H groups in total. The molecule has 2 rings (SSSR count). The molecule has 2 aromatic carbocycles. The normalized spacial score (nSPS) is 15.6. The lowest BCUT2D eigenvalue weighted by Crippen LogP contribution is -2.49. The standard InChI is InChI=1S/C21H30O3Si/c1-21(2,3)25(4,17-23-15-18-11-7-5-8-12-18)24-16-20(22)19-13-9-6-10-14-19/h5-14,20,22H,15-17H2,1-4H3/t20-,25+/m1/s1. The van der Waals surface area contributed by atoms with Crippen molar-refractivity contribution >= 4 is 8.32 Å². The predicted molar refractivity (Wildman–Crippen MR) is 105 cm³/mol. The second kappa shape index (κ2) is 8.76. The van der Waals surface area contributed by atoms with Gasteiger partial charge in [-0.25, -0.2) is 0 Å². The van der Waals surface area contributed by atoms with Gasteiger partial charge in [0.05, 0.1) is 19.4 Å². The van der Waals surface area contributed by atoms with Gasteiger partial charge in [0, 0.05) is 0 Å². The monoisotopic (exact) mass is 358 g/mol. The maximum atomic E-state index is 10.4. The fourth-order valence-electron chi connectivity index (χ4n) is 2.45. The summed E-state index contributed by atoms with van der Waals surface area (Å²) in [6.45, 7) is 9.67. The molecule has 0 aromatic heterocycles. The van der Waals surface area contributed by atoms with Crippen molar-refractivity contribution in [1.82, 2.24) is 0 Å². The summed E-state index contributed by atoms with van der Waals surface area (Å²) in [7, 11) is -2.18. The summed E-state index contributed by atoms with van der Waals surface area (Å²) < 4.78 is 12.3. The van der Waals surface area contributed by atoms with E-state index in [0.29, 0.717) is 19.4 Å². The molecule has 0 radical (unpaired) electrons. The van der Waals surface area contributed by atoms with E-state index in [1.807, 2.05) is 48.5 Å². The summed E-state index contributed by atoms with van der Waals surface area (Å²) in [5, 5.41) is 10.4. The van der Waals surface area contributed by atoms with E-state index in [1.165, 1.54) is 0 Å². The second-order valence-corrected chi connectivity index (χ2v) is 12.2. The van der Waals surface area contributed by atoms with Gasteiger partial charge in [-0.05, 0) is 22.7 Å². The van der Waals surface area contributed by atoms with E-state index < -0.39 is 14.4 Å². The van der Waals surface area contributed by atoms with E-state index in [2.05, 4.69) is 39.5 Å². The zero-order valence-corrected chi connectivity index (χ0v) is 16.7. The van der Waals surface area contributed by atoms with Crippen LogP contribution in [0, 0.1) is 0 Å². The minimum Gasteiger partial charge on any atom is -0.411 e. The van der Waals surface area contributed by atoms with E-state index in [-0.39, 0.29) is 5.04 Å². The summed E-state index contributed by atoms with van der Waals surface area (Å²) in [6, 6.07) is 19.8. The average molecular weight is 359 g/mol. The second-order valence-electron chi connectivity index (χ2n) is 7.70. The largest absolute Gasteiger partial charge is 0.411 e. The molecule has 0 saturated carbocycles. The van der Waals surface area contributed by atoms with Gasteiger partial charge in [-0.15, -0.1) is 0 Å². The molecule has 3 nitrogen and oxygen atoms in total. The van der Waals surface area contributed by atoms with Gasteiger partial charge in [0.25, 0.3) is 0 Å². The van der Waals surface area contributed by atoms with Crippen molar-refractivity contribution in [3.05, 3.63) is 71.8 Å². The zero-order chi connectivity index (χ0) is 18.3. The Labute approximate surface area is 152 Å². The topological polar surface area (TPSA) is 38.7 Å². The lowest BCUT2D eigenvalue weighted by Gasteiger charge is -2.39. The Morgan fingerprint density at radius 3 is 2.08 bits per heavy atom. The van der Waals surface area contributed by atoms with Gasteiger partial charge in [0.15, 0.2) is 0 Å². The van der Waals surface area contributed by atoms with Gasteiger partial charge in [0.1, 0.15) is 6.10 Å². The third kappa shape index (κ3) is 5.78. The van der Waals surface area contributed by atoms with Crippen LogP contribution in [0.4, 0.5) is 0 Å². The molecule has 0 unspecified atom stereocenters. The number of ether oxygens (including phenoxy) is 1. The SMILES string of the molecule is CC(C)(C)[Si@](C)(COCc1ccccc1)OC[C@@H](O)c1ccccc1. The molecule has 0 aliphatic carbocycles. The highest BCUT2D eigenvalue weighted by atomic mass is 28.4. The van der Waals surface area contributed by atoms with Gasteiger partial charge >= 0.3 is 0 Å². The average Bonchev–Trinajstić information content (AvgIpc) is 2.60. The molecule has 136 valence electrons.